The number of hydrogen-bond acceptors (Lipinski definition) is 4. The first-order valence-corrected chi connectivity index (χ1v) is 6.78. The average molecular weight is 279 g/mol. The Labute approximate surface area is 116 Å². The second-order valence-electron chi connectivity index (χ2n) is 4.47. The van der Waals surface area contributed by atoms with Gasteiger partial charge in [0, 0.05) is 18.1 Å². The molecule has 0 radical (unpaired) electrons. The molecule has 0 bridgehead atoms. The molecule has 0 saturated carbocycles. The lowest BCUT2D eigenvalue weighted by Gasteiger charge is -2.11. The van der Waals surface area contributed by atoms with Crippen LogP contribution in [-0.4, -0.2) is 23.7 Å². The second-order valence-corrected chi connectivity index (χ2v) is 5.09. The van der Waals surface area contributed by atoms with E-state index in [0.29, 0.717) is 6.54 Å². The number of nitrogens with one attached hydrogen (secondary N) is 1. The highest BCUT2D eigenvalue weighted by atomic mass is 35.5. The first-order valence-electron chi connectivity index (χ1n) is 6.34. The molecule has 0 aliphatic carbocycles. The zero-order chi connectivity index (χ0) is 13.2. The lowest BCUT2D eigenvalue weighted by molar-refractivity contribution is 0.174. The molecule has 1 aromatic heterocycles. The number of hydrogen-bond donors (Lipinski definition) is 1. The lowest BCUT2D eigenvalue weighted by atomic mass is 10.1. The van der Waals surface area contributed by atoms with Gasteiger partial charge in [0.1, 0.15) is 5.82 Å². The van der Waals surface area contributed by atoms with Crippen LogP contribution >= 0.6 is 11.6 Å². The van der Waals surface area contributed by atoms with Gasteiger partial charge in [0.15, 0.2) is 11.5 Å². The van der Waals surface area contributed by atoms with E-state index in [0.717, 1.165) is 34.5 Å². The van der Waals surface area contributed by atoms with Crippen LogP contribution in [0.3, 0.4) is 0 Å². The van der Waals surface area contributed by atoms with Crippen LogP contribution in [0.15, 0.2) is 24.4 Å². The van der Waals surface area contributed by atoms with Crippen LogP contribution in [-0.2, 0) is 0 Å². The van der Waals surface area contributed by atoms with Gasteiger partial charge in [0.05, 0.1) is 5.38 Å². The Morgan fingerprint density at radius 2 is 2.16 bits per heavy atom. The molecule has 1 aromatic carbocycles. The normalized spacial score (nSPS) is 14.6. The van der Waals surface area contributed by atoms with Gasteiger partial charge in [-0.1, -0.05) is 6.92 Å². The monoisotopic (exact) mass is 278 g/mol. The molecule has 2 heterocycles. The molecule has 0 fully saturated rings. The molecule has 3 rings (SSSR count). The molecular weight excluding hydrogens is 264 g/mol. The molecular formula is C14H15ClN2O2. The quantitative estimate of drug-likeness (QED) is 0.871. The second kappa shape index (κ2) is 5.13. The minimum atomic E-state index is 0.103. The number of ether oxygens (including phenoxy) is 2. The molecule has 0 spiro atoms. The van der Waals surface area contributed by atoms with E-state index in [1.807, 2.05) is 18.2 Å². The smallest absolute Gasteiger partial charge is 0.231 e. The summed E-state index contributed by atoms with van der Waals surface area (Å²) in [5.41, 5.74) is 0. The third kappa shape index (κ3) is 2.40. The number of benzene rings is 1. The Morgan fingerprint density at radius 1 is 1.37 bits per heavy atom. The van der Waals surface area contributed by atoms with Gasteiger partial charge in [-0.3, -0.25) is 0 Å². The van der Waals surface area contributed by atoms with Crippen LogP contribution in [0.4, 0.5) is 5.82 Å². The summed E-state index contributed by atoms with van der Waals surface area (Å²) in [6.07, 6.45) is 2.70. The highest BCUT2D eigenvalue weighted by molar-refractivity contribution is 6.20. The lowest BCUT2D eigenvalue weighted by Crippen LogP contribution is -2.14. The summed E-state index contributed by atoms with van der Waals surface area (Å²) in [4.78, 5) is 4.37. The fourth-order valence-electron chi connectivity index (χ4n) is 2.05. The molecule has 1 aliphatic heterocycles. The van der Waals surface area contributed by atoms with E-state index in [1.54, 1.807) is 6.20 Å². The van der Waals surface area contributed by atoms with Crippen LogP contribution in [0.2, 0.25) is 0 Å². The minimum absolute atomic E-state index is 0.103. The summed E-state index contributed by atoms with van der Waals surface area (Å²) in [7, 11) is 0. The van der Waals surface area contributed by atoms with Gasteiger partial charge in [-0.15, -0.1) is 11.6 Å². The summed E-state index contributed by atoms with van der Waals surface area (Å²) >= 11 is 6.13. The van der Waals surface area contributed by atoms with Crippen LogP contribution in [0.25, 0.3) is 10.8 Å². The van der Waals surface area contributed by atoms with E-state index >= 15 is 0 Å². The van der Waals surface area contributed by atoms with E-state index in [9.17, 15) is 0 Å². The third-order valence-electron chi connectivity index (χ3n) is 3.19. The fraction of sp³-hybridized carbons (Fsp3) is 0.357. The van der Waals surface area contributed by atoms with Crippen LogP contribution in [0.1, 0.15) is 13.3 Å². The molecule has 1 unspecified atom stereocenters. The number of halogens is 1. The molecule has 1 atom stereocenters. The number of anilines is 1. The van der Waals surface area contributed by atoms with Gasteiger partial charge < -0.3 is 14.8 Å². The predicted molar refractivity (Wildman–Crippen MR) is 76.3 cm³/mol. The Kier molecular flexibility index (Phi) is 3.34. The van der Waals surface area contributed by atoms with Crippen molar-refractivity contribution in [3.63, 3.8) is 0 Å². The molecule has 19 heavy (non-hydrogen) atoms. The van der Waals surface area contributed by atoms with Gasteiger partial charge in [0.2, 0.25) is 6.79 Å². The maximum atomic E-state index is 6.13. The van der Waals surface area contributed by atoms with Crippen molar-refractivity contribution in [1.29, 1.82) is 0 Å². The standard InChI is InChI=1S/C14H15ClN2O2/c1-2-10(15)7-17-14-11-6-13-12(18-8-19-13)5-9(11)3-4-16-14/h3-6,10H,2,7-8H2,1H3,(H,16,17). The molecule has 1 N–H and O–H groups in total. The van der Waals surface area contributed by atoms with E-state index in [2.05, 4.69) is 17.2 Å². The van der Waals surface area contributed by atoms with Gasteiger partial charge >= 0.3 is 0 Å². The number of alkyl halides is 1. The first kappa shape index (κ1) is 12.4. The highest BCUT2D eigenvalue weighted by Gasteiger charge is 2.16. The number of rotatable bonds is 4. The SMILES string of the molecule is CCC(Cl)CNc1nccc2cc3c(cc12)OCO3. The zero-order valence-corrected chi connectivity index (χ0v) is 11.4. The Bertz CT molecular complexity index is 603. The molecule has 0 saturated heterocycles. The van der Waals surface area contributed by atoms with Gasteiger partial charge in [-0.25, -0.2) is 4.98 Å². The minimum Gasteiger partial charge on any atom is -0.454 e. The van der Waals surface area contributed by atoms with Crippen molar-refractivity contribution in [2.45, 2.75) is 18.7 Å². The summed E-state index contributed by atoms with van der Waals surface area (Å²) < 4.78 is 10.8. The average Bonchev–Trinajstić information content (AvgIpc) is 2.89. The molecule has 5 heteroatoms. The van der Waals surface area contributed by atoms with E-state index < -0.39 is 0 Å². The van der Waals surface area contributed by atoms with Crippen molar-refractivity contribution >= 4 is 28.2 Å². The van der Waals surface area contributed by atoms with Gasteiger partial charge in [-0.2, -0.15) is 0 Å². The topological polar surface area (TPSA) is 43.4 Å². The number of fused-ring (bicyclic) bond motifs is 2. The molecule has 1 aliphatic rings. The predicted octanol–water partition coefficient (Wildman–Crippen LogP) is 3.39. The first-order chi connectivity index (χ1) is 9.28. The van der Waals surface area contributed by atoms with Gasteiger partial charge in [0.25, 0.3) is 0 Å². The van der Waals surface area contributed by atoms with Crippen molar-refractivity contribution in [3.8, 4) is 11.5 Å². The van der Waals surface area contributed by atoms with Crippen molar-refractivity contribution in [1.82, 2.24) is 4.98 Å². The Morgan fingerprint density at radius 3 is 2.95 bits per heavy atom. The van der Waals surface area contributed by atoms with Crippen LogP contribution in [0, 0.1) is 0 Å². The molecule has 2 aromatic rings. The molecule has 4 nitrogen and oxygen atoms in total. The third-order valence-corrected chi connectivity index (χ3v) is 3.65. The fourth-order valence-corrected chi connectivity index (χ4v) is 2.13. The van der Waals surface area contributed by atoms with E-state index in [-0.39, 0.29) is 12.2 Å². The molecule has 100 valence electrons. The van der Waals surface area contributed by atoms with Crippen LogP contribution < -0.4 is 14.8 Å². The van der Waals surface area contributed by atoms with E-state index in [4.69, 9.17) is 21.1 Å². The van der Waals surface area contributed by atoms with Crippen LogP contribution in [0.5, 0.6) is 11.5 Å². The summed E-state index contributed by atoms with van der Waals surface area (Å²) in [6, 6.07) is 5.89. The Balaban J connectivity index is 1.96. The highest BCUT2D eigenvalue weighted by Crippen LogP contribution is 2.37. The zero-order valence-electron chi connectivity index (χ0n) is 10.6. The summed E-state index contributed by atoms with van der Waals surface area (Å²) in [5.74, 6) is 2.38. The van der Waals surface area contributed by atoms with Crippen molar-refractivity contribution in [2.24, 2.45) is 0 Å². The number of pyridine rings is 1. The molecule has 0 amide bonds. The maximum Gasteiger partial charge on any atom is 0.231 e. The number of nitrogens with zero attached hydrogens (tertiary/aromatic N) is 1. The van der Waals surface area contributed by atoms with E-state index in [1.165, 1.54) is 0 Å². The maximum absolute atomic E-state index is 6.13. The Hall–Kier alpha value is -1.68. The van der Waals surface area contributed by atoms with Crippen molar-refractivity contribution in [3.05, 3.63) is 24.4 Å². The summed E-state index contributed by atoms with van der Waals surface area (Å²) in [6.45, 7) is 3.04. The summed E-state index contributed by atoms with van der Waals surface area (Å²) in [5, 5.41) is 5.49. The largest absolute Gasteiger partial charge is 0.454 e. The number of aromatic nitrogens is 1. The van der Waals surface area contributed by atoms with Crippen molar-refractivity contribution in [2.75, 3.05) is 18.7 Å². The van der Waals surface area contributed by atoms with Gasteiger partial charge in [-0.05, 0) is 30.0 Å². The van der Waals surface area contributed by atoms with Crippen molar-refractivity contribution < 1.29 is 9.47 Å².